The van der Waals surface area contributed by atoms with Gasteiger partial charge in [-0.15, -0.1) is 0 Å². The van der Waals surface area contributed by atoms with Crippen molar-refractivity contribution in [2.45, 2.75) is 6.42 Å². The molecule has 2 heterocycles. The van der Waals surface area contributed by atoms with Crippen molar-refractivity contribution in [2.24, 2.45) is 0 Å². The first kappa shape index (κ1) is 15.7. The Balaban J connectivity index is 1.61. The predicted molar refractivity (Wildman–Crippen MR) is 92.2 cm³/mol. The molecule has 0 saturated heterocycles. The molecule has 2 aromatic carbocycles. The molecule has 0 aliphatic carbocycles. The van der Waals surface area contributed by atoms with Gasteiger partial charge in [0.25, 0.3) is 11.8 Å². The summed E-state index contributed by atoms with van der Waals surface area (Å²) >= 11 is 6.37. The lowest BCUT2D eigenvalue weighted by Gasteiger charge is -2.14. The molecule has 1 aromatic heterocycles. The second-order valence-corrected chi connectivity index (χ2v) is 6.17. The number of carbonyl (C=O) groups is 2. The maximum Gasteiger partial charge on any atom is 0.261 e. The number of amides is 2. The first-order chi connectivity index (χ1) is 12.1. The fraction of sp³-hybridized carbons (Fsp3) is 0.105. The van der Waals surface area contributed by atoms with E-state index in [-0.39, 0.29) is 23.9 Å². The average Bonchev–Trinajstić information content (AvgIpc) is 2.87. The quantitative estimate of drug-likeness (QED) is 0.671. The summed E-state index contributed by atoms with van der Waals surface area (Å²) in [5.41, 5.74) is 1.70. The van der Waals surface area contributed by atoms with E-state index in [1.807, 2.05) is 0 Å². The van der Waals surface area contributed by atoms with Crippen LogP contribution in [0, 0.1) is 5.82 Å². The Morgan fingerprint density at radius 2 is 1.68 bits per heavy atom. The van der Waals surface area contributed by atoms with Crippen LogP contribution in [-0.4, -0.2) is 28.2 Å². The van der Waals surface area contributed by atoms with Crippen LogP contribution in [-0.2, 0) is 6.42 Å². The molecule has 0 bridgehead atoms. The maximum absolute atomic E-state index is 13.8. The third-order valence-corrected chi connectivity index (χ3v) is 4.78. The molecule has 6 heteroatoms. The van der Waals surface area contributed by atoms with Crippen molar-refractivity contribution in [2.75, 3.05) is 6.54 Å². The summed E-state index contributed by atoms with van der Waals surface area (Å²) in [6, 6.07) is 11.3. The number of pyridine rings is 1. The number of para-hydroxylation sites is 1. The predicted octanol–water partition coefficient (Wildman–Crippen LogP) is 3.87. The smallest absolute Gasteiger partial charge is 0.261 e. The molecule has 2 amide bonds. The van der Waals surface area contributed by atoms with Crippen LogP contribution in [0.1, 0.15) is 26.3 Å². The number of hydrogen-bond donors (Lipinski definition) is 0. The van der Waals surface area contributed by atoms with E-state index in [0.29, 0.717) is 33.5 Å². The molecular weight excluding hydrogens is 343 g/mol. The zero-order valence-corrected chi connectivity index (χ0v) is 13.8. The van der Waals surface area contributed by atoms with E-state index in [0.717, 1.165) is 0 Å². The molecule has 0 unspecified atom stereocenters. The molecule has 0 atom stereocenters. The number of aromatic nitrogens is 1. The normalized spacial score (nSPS) is 13.6. The van der Waals surface area contributed by atoms with Gasteiger partial charge >= 0.3 is 0 Å². The fourth-order valence-corrected chi connectivity index (χ4v) is 3.34. The van der Waals surface area contributed by atoms with Gasteiger partial charge in [0.2, 0.25) is 0 Å². The van der Waals surface area contributed by atoms with E-state index in [1.54, 1.807) is 36.4 Å². The second-order valence-electron chi connectivity index (χ2n) is 5.79. The molecule has 0 fully saturated rings. The summed E-state index contributed by atoms with van der Waals surface area (Å²) in [5.74, 6) is -1.06. The van der Waals surface area contributed by atoms with E-state index in [2.05, 4.69) is 4.98 Å². The molecule has 25 heavy (non-hydrogen) atoms. The Morgan fingerprint density at radius 3 is 2.36 bits per heavy atom. The summed E-state index contributed by atoms with van der Waals surface area (Å²) in [6.45, 7) is 0.189. The minimum absolute atomic E-state index is 0.189. The zero-order valence-electron chi connectivity index (χ0n) is 13.0. The van der Waals surface area contributed by atoms with Crippen LogP contribution in [0.25, 0.3) is 10.9 Å². The Labute approximate surface area is 147 Å². The van der Waals surface area contributed by atoms with Crippen LogP contribution in [0.4, 0.5) is 4.39 Å². The maximum atomic E-state index is 13.8. The number of imide groups is 1. The first-order valence-corrected chi connectivity index (χ1v) is 8.12. The Morgan fingerprint density at radius 1 is 1.00 bits per heavy atom. The highest BCUT2D eigenvalue weighted by molar-refractivity contribution is 6.36. The van der Waals surface area contributed by atoms with E-state index in [4.69, 9.17) is 11.6 Å². The summed E-state index contributed by atoms with van der Waals surface area (Å²) in [4.78, 5) is 30.1. The number of benzene rings is 2. The van der Waals surface area contributed by atoms with Crippen LogP contribution < -0.4 is 0 Å². The van der Waals surface area contributed by atoms with Crippen molar-refractivity contribution in [3.63, 3.8) is 0 Å². The van der Waals surface area contributed by atoms with Gasteiger partial charge in [-0.1, -0.05) is 35.9 Å². The molecule has 0 saturated carbocycles. The Kier molecular flexibility index (Phi) is 3.73. The molecule has 0 spiro atoms. The minimum Gasteiger partial charge on any atom is -0.274 e. The average molecular weight is 355 g/mol. The summed E-state index contributed by atoms with van der Waals surface area (Å²) in [5, 5.41) is 0.905. The summed E-state index contributed by atoms with van der Waals surface area (Å²) < 4.78 is 13.8. The number of rotatable bonds is 3. The topological polar surface area (TPSA) is 50.3 Å². The Hall–Kier alpha value is -2.79. The van der Waals surface area contributed by atoms with Crippen molar-refractivity contribution >= 4 is 34.3 Å². The molecule has 3 aromatic rings. The largest absolute Gasteiger partial charge is 0.274 e. The molecule has 4 nitrogen and oxygen atoms in total. The van der Waals surface area contributed by atoms with Gasteiger partial charge in [0.1, 0.15) is 11.3 Å². The number of hydrogen-bond acceptors (Lipinski definition) is 3. The molecule has 124 valence electrons. The lowest BCUT2D eigenvalue weighted by molar-refractivity contribution is 0.0656. The van der Waals surface area contributed by atoms with Crippen molar-refractivity contribution in [3.05, 3.63) is 76.2 Å². The molecule has 4 rings (SSSR count). The zero-order chi connectivity index (χ0) is 17.6. The summed E-state index contributed by atoms with van der Waals surface area (Å²) in [6.07, 6.45) is 1.84. The second kappa shape index (κ2) is 5.93. The molecule has 1 aliphatic rings. The number of carbonyl (C=O) groups excluding carboxylic acids is 2. The molecule has 0 radical (unpaired) electrons. The number of fused-ring (bicyclic) bond motifs is 2. The van der Waals surface area contributed by atoms with Gasteiger partial charge in [0, 0.05) is 18.1 Å². The summed E-state index contributed by atoms with van der Waals surface area (Å²) in [7, 11) is 0. The van der Waals surface area contributed by atoms with Gasteiger partial charge < -0.3 is 0 Å². The number of nitrogens with zero attached hydrogens (tertiary/aromatic N) is 2. The van der Waals surface area contributed by atoms with Crippen LogP contribution >= 0.6 is 11.6 Å². The van der Waals surface area contributed by atoms with Crippen molar-refractivity contribution < 1.29 is 14.0 Å². The van der Waals surface area contributed by atoms with Gasteiger partial charge in [-0.2, -0.15) is 0 Å². The highest BCUT2D eigenvalue weighted by Gasteiger charge is 2.34. The van der Waals surface area contributed by atoms with Gasteiger partial charge in [0.15, 0.2) is 0 Å². The lowest BCUT2D eigenvalue weighted by atomic mass is 10.1. The van der Waals surface area contributed by atoms with Crippen LogP contribution in [0.5, 0.6) is 0 Å². The van der Waals surface area contributed by atoms with Gasteiger partial charge in [-0.05, 0) is 30.2 Å². The van der Waals surface area contributed by atoms with Gasteiger partial charge in [-0.25, -0.2) is 4.39 Å². The SMILES string of the molecule is O=C1c2ccccc2C(=O)N1CCc1cnc2c(F)cccc2c1Cl. The molecular formula is C19H12ClFN2O2. The van der Waals surface area contributed by atoms with E-state index in [1.165, 1.54) is 17.2 Å². The highest BCUT2D eigenvalue weighted by Crippen LogP contribution is 2.28. The number of halogens is 2. The fourth-order valence-electron chi connectivity index (χ4n) is 3.04. The minimum atomic E-state index is -0.439. The molecule has 0 N–H and O–H groups in total. The van der Waals surface area contributed by atoms with Crippen LogP contribution in [0.3, 0.4) is 0 Å². The van der Waals surface area contributed by atoms with Crippen molar-refractivity contribution in [3.8, 4) is 0 Å². The van der Waals surface area contributed by atoms with Crippen molar-refractivity contribution in [1.82, 2.24) is 9.88 Å². The highest BCUT2D eigenvalue weighted by atomic mass is 35.5. The third-order valence-electron chi connectivity index (χ3n) is 4.34. The van der Waals surface area contributed by atoms with Gasteiger partial charge in [-0.3, -0.25) is 19.5 Å². The van der Waals surface area contributed by atoms with E-state index >= 15 is 0 Å². The van der Waals surface area contributed by atoms with E-state index in [9.17, 15) is 14.0 Å². The molecule has 1 aliphatic heterocycles. The monoisotopic (exact) mass is 354 g/mol. The van der Waals surface area contributed by atoms with Crippen molar-refractivity contribution in [1.29, 1.82) is 0 Å². The first-order valence-electron chi connectivity index (χ1n) is 7.75. The van der Waals surface area contributed by atoms with Gasteiger partial charge in [0.05, 0.1) is 16.1 Å². The lowest BCUT2D eigenvalue weighted by Crippen LogP contribution is -2.31. The van der Waals surface area contributed by atoms with Crippen LogP contribution in [0.2, 0.25) is 5.02 Å². The third kappa shape index (κ3) is 2.48. The standard InChI is InChI=1S/C19H12ClFN2O2/c20-16-11(10-22-17-14(16)6-3-7-15(17)21)8-9-23-18(24)12-4-1-2-5-13(12)19(23)25/h1-7,10H,8-9H2. The Bertz CT molecular complexity index is 1000. The van der Waals surface area contributed by atoms with Crippen LogP contribution in [0.15, 0.2) is 48.7 Å². The van der Waals surface area contributed by atoms with E-state index < -0.39 is 5.82 Å².